The number of carboxylic acids is 1. The maximum atomic E-state index is 13.0. The molecule has 3 aliphatic carbocycles. The Hall–Kier alpha value is -2.97. The lowest BCUT2D eigenvalue weighted by atomic mass is 9.82. The van der Waals surface area contributed by atoms with Crippen LogP contribution in [0.5, 0.6) is 0 Å². The molecular weight excluding hydrogens is 516 g/mol. The number of carbonyl (C=O) groups is 3. The van der Waals surface area contributed by atoms with Gasteiger partial charge in [-0.05, 0) is 60.8 Å². The summed E-state index contributed by atoms with van der Waals surface area (Å²) in [7, 11) is 0. The molecule has 6 rings (SSSR count). The Kier molecular flexibility index (Phi) is 7.10. The summed E-state index contributed by atoms with van der Waals surface area (Å²) in [5.41, 5.74) is 3.52. The van der Waals surface area contributed by atoms with Crippen molar-refractivity contribution in [3.8, 4) is 0 Å². The first-order valence-electron chi connectivity index (χ1n) is 13.3. The number of hydrogen-bond donors (Lipinski definition) is 2. The Morgan fingerprint density at radius 3 is 2.45 bits per heavy atom. The van der Waals surface area contributed by atoms with Crippen LogP contribution in [-0.2, 0) is 9.59 Å². The van der Waals surface area contributed by atoms with E-state index in [1.54, 1.807) is 6.07 Å². The van der Waals surface area contributed by atoms with Gasteiger partial charge < -0.3 is 10.4 Å². The van der Waals surface area contributed by atoms with E-state index in [0.717, 1.165) is 26.5 Å². The molecule has 2 saturated carbocycles. The number of nitrogens with one attached hydrogen (secondary N) is 1. The van der Waals surface area contributed by atoms with E-state index in [9.17, 15) is 19.5 Å². The Morgan fingerprint density at radius 2 is 1.71 bits per heavy atom. The van der Waals surface area contributed by atoms with E-state index >= 15 is 0 Å². The molecule has 196 valence electrons. The summed E-state index contributed by atoms with van der Waals surface area (Å²) in [6.07, 6.45) is 11.1. The summed E-state index contributed by atoms with van der Waals surface area (Å²) < 4.78 is 1.72. The Morgan fingerprint density at radius 1 is 0.974 bits per heavy atom. The number of hydrogen-bond acceptors (Lipinski definition) is 6. The van der Waals surface area contributed by atoms with Crippen molar-refractivity contribution in [2.75, 3.05) is 11.1 Å². The summed E-state index contributed by atoms with van der Waals surface area (Å²) in [6, 6.07) is 13.7. The van der Waals surface area contributed by atoms with E-state index in [4.69, 9.17) is 0 Å². The maximum Gasteiger partial charge on any atom is 0.307 e. The number of amides is 1. The first kappa shape index (κ1) is 25.3. The van der Waals surface area contributed by atoms with E-state index in [2.05, 4.69) is 22.4 Å². The predicted molar refractivity (Wildman–Crippen MR) is 151 cm³/mol. The molecule has 4 atom stereocenters. The van der Waals surface area contributed by atoms with Crippen molar-refractivity contribution in [2.24, 2.45) is 23.7 Å². The molecule has 0 unspecified atom stereocenters. The molecule has 6 nitrogen and oxygen atoms in total. The van der Waals surface area contributed by atoms with Crippen LogP contribution in [0.1, 0.15) is 60.4 Å². The first-order valence-corrected chi connectivity index (χ1v) is 15.1. The molecule has 1 amide bonds. The van der Waals surface area contributed by atoms with Gasteiger partial charge in [0.05, 0.1) is 27.8 Å². The minimum absolute atomic E-state index is 0.0164. The SMILES string of the molecule is O=C(CSc1nc2ccc(NC(=O)[C@@H]3[C@H](C(=O)O)[C@H]4C=C[C@H]3C4)cc2s1)c1ccc(C2CCCCC2)cc1. The molecule has 2 fully saturated rings. The number of Topliss-reactive ketones (excluding diaryl/α,β-unsaturated/α-hetero) is 1. The fraction of sp³-hybridized carbons (Fsp3) is 0.400. The molecule has 38 heavy (non-hydrogen) atoms. The highest BCUT2D eigenvalue weighted by molar-refractivity contribution is 8.01. The van der Waals surface area contributed by atoms with Gasteiger partial charge >= 0.3 is 5.97 Å². The molecule has 1 aromatic heterocycles. The van der Waals surface area contributed by atoms with Gasteiger partial charge in [-0.25, -0.2) is 4.98 Å². The van der Waals surface area contributed by atoms with Crippen molar-refractivity contribution >= 4 is 56.7 Å². The van der Waals surface area contributed by atoms with Gasteiger partial charge in [0, 0.05) is 11.3 Å². The molecule has 8 heteroatoms. The third-order valence-electron chi connectivity index (χ3n) is 8.32. The predicted octanol–water partition coefficient (Wildman–Crippen LogP) is 6.78. The number of benzene rings is 2. The van der Waals surface area contributed by atoms with E-state index in [1.165, 1.54) is 60.8 Å². The van der Waals surface area contributed by atoms with E-state index in [-0.39, 0.29) is 23.5 Å². The number of anilines is 1. The molecule has 3 aromatic rings. The quantitative estimate of drug-likeness (QED) is 0.184. The number of thioether (sulfide) groups is 1. The fourth-order valence-corrected chi connectivity index (χ4v) is 8.37. The molecule has 2 aromatic carbocycles. The van der Waals surface area contributed by atoms with Gasteiger partial charge in [-0.2, -0.15) is 0 Å². The average molecular weight is 547 g/mol. The second kappa shape index (κ2) is 10.7. The molecule has 0 aliphatic heterocycles. The van der Waals surface area contributed by atoms with Crippen molar-refractivity contribution < 1.29 is 19.5 Å². The normalized spacial score (nSPS) is 24.6. The van der Waals surface area contributed by atoms with Crippen LogP contribution >= 0.6 is 23.1 Å². The van der Waals surface area contributed by atoms with Crippen LogP contribution in [0.15, 0.2) is 59.0 Å². The summed E-state index contributed by atoms with van der Waals surface area (Å²) in [4.78, 5) is 42.3. The van der Waals surface area contributed by atoms with Crippen LogP contribution in [-0.4, -0.2) is 33.5 Å². The molecule has 2 bridgehead atoms. The second-order valence-electron chi connectivity index (χ2n) is 10.7. The number of thiazole rings is 1. The average Bonchev–Trinajstić information content (AvgIpc) is 3.66. The first-order chi connectivity index (χ1) is 18.5. The number of aromatic nitrogens is 1. The Bertz CT molecular complexity index is 1410. The van der Waals surface area contributed by atoms with E-state index < -0.39 is 17.8 Å². The zero-order chi connectivity index (χ0) is 26.2. The zero-order valence-corrected chi connectivity index (χ0v) is 22.6. The van der Waals surface area contributed by atoms with Gasteiger partial charge in [0.2, 0.25) is 5.91 Å². The van der Waals surface area contributed by atoms with Crippen molar-refractivity contribution in [3.05, 3.63) is 65.7 Å². The number of aliphatic carboxylic acids is 1. The lowest BCUT2D eigenvalue weighted by Gasteiger charge is -2.23. The van der Waals surface area contributed by atoms with Gasteiger partial charge in [-0.3, -0.25) is 14.4 Å². The highest BCUT2D eigenvalue weighted by Gasteiger charge is 2.51. The second-order valence-corrected chi connectivity index (χ2v) is 12.9. The fourth-order valence-electron chi connectivity index (χ4n) is 6.37. The van der Waals surface area contributed by atoms with Crippen LogP contribution in [0.4, 0.5) is 5.69 Å². The van der Waals surface area contributed by atoms with Crippen molar-refractivity contribution in [1.29, 1.82) is 0 Å². The minimum Gasteiger partial charge on any atom is -0.481 e. The van der Waals surface area contributed by atoms with Crippen LogP contribution in [0.25, 0.3) is 10.2 Å². The standard InChI is InChI=1S/C30H30N2O4S2/c33-24(19-8-6-18(7-9-19)17-4-2-1-3-5-17)16-37-30-32-23-13-12-22(15-25(23)38-30)31-28(34)26-20-10-11-21(14-20)27(26)29(35)36/h6-13,15,17,20-21,26-27H,1-5,14,16H2,(H,31,34)(H,35,36)/t20-,21-,26-,27+/m0/s1. The van der Waals surface area contributed by atoms with Gasteiger partial charge in [-0.15, -0.1) is 11.3 Å². The molecule has 2 N–H and O–H groups in total. The lowest BCUT2D eigenvalue weighted by Crippen LogP contribution is -2.36. The third kappa shape index (κ3) is 5.04. The number of nitrogens with zero attached hydrogens (tertiary/aromatic N) is 1. The summed E-state index contributed by atoms with van der Waals surface area (Å²) >= 11 is 2.92. The van der Waals surface area contributed by atoms with Crippen molar-refractivity contribution in [3.63, 3.8) is 0 Å². The number of ketones is 1. The van der Waals surface area contributed by atoms with Crippen LogP contribution in [0, 0.1) is 23.7 Å². The summed E-state index contributed by atoms with van der Waals surface area (Å²) in [6.45, 7) is 0. The highest BCUT2D eigenvalue weighted by Crippen LogP contribution is 2.48. The zero-order valence-electron chi connectivity index (χ0n) is 21.0. The third-order valence-corrected chi connectivity index (χ3v) is 10.5. The summed E-state index contributed by atoms with van der Waals surface area (Å²) in [5, 5.41) is 12.6. The monoisotopic (exact) mass is 546 g/mol. The minimum atomic E-state index is -0.906. The lowest BCUT2D eigenvalue weighted by molar-refractivity contribution is -0.146. The maximum absolute atomic E-state index is 13.0. The molecule has 0 radical (unpaired) electrons. The molecule has 1 heterocycles. The van der Waals surface area contributed by atoms with Crippen molar-refractivity contribution in [1.82, 2.24) is 4.98 Å². The van der Waals surface area contributed by atoms with Crippen LogP contribution in [0.2, 0.25) is 0 Å². The number of allylic oxidation sites excluding steroid dienone is 2. The van der Waals surface area contributed by atoms with Gasteiger partial charge in [0.15, 0.2) is 10.1 Å². The number of rotatable bonds is 8. The number of carboxylic acid groups (broad SMARTS) is 1. The Balaban J connectivity index is 1.08. The summed E-state index contributed by atoms with van der Waals surface area (Å²) in [5.74, 6) is -1.40. The van der Waals surface area contributed by atoms with Crippen LogP contribution < -0.4 is 5.32 Å². The number of carbonyl (C=O) groups excluding carboxylic acids is 2. The largest absolute Gasteiger partial charge is 0.481 e. The van der Waals surface area contributed by atoms with Gasteiger partial charge in [-0.1, -0.05) is 67.4 Å². The molecule has 3 aliphatic rings. The molecule has 0 spiro atoms. The van der Waals surface area contributed by atoms with E-state index in [1.807, 2.05) is 36.4 Å². The van der Waals surface area contributed by atoms with E-state index in [0.29, 0.717) is 17.4 Å². The number of fused-ring (bicyclic) bond motifs is 3. The molecular formula is C30H30N2O4S2. The smallest absolute Gasteiger partial charge is 0.307 e. The molecule has 0 saturated heterocycles. The van der Waals surface area contributed by atoms with Gasteiger partial charge in [0.25, 0.3) is 0 Å². The van der Waals surface area contributed by atoms with Crippen LogP contribution in [0.3, 0.4) is 0 Å². The Labute approximate surface area is 229 Å². The van der Waals surface area contributed by atoms with Gasteiger partial charge in [0.1, 0.15) is 0 Å². The highest BCUT2D eigenvalue weighted by atomic mass is 32.2. The topological polar surface area (TPSA) is 96.4 Å². The van der Waals surface area contributed by atoms with Crippen molar-refractivity contribution in [2.45, 2.75) is 48.8 Å².